The van der Waals surface area contributed by atoms with Crippen LogP contribution in [0.1, 0.15) is 60.3 Å². The molecule has 132 valence electrons. The summed E-state index contributed by atoms with van der Waals surface area (Å²) in [6.07, 6.45) is 7.52. The number of aryl methyl sites for hydroxylation is 2. The van der Waals surface area contributed by atoms with E-state index in [4.69, 9.17) is 0 Å². The average Bonchev–Trinajstić information content (AvgIpc) is 2.99. The number of rotatable bonds is 2. The summed E-state index contributed by atoms with van der Waals surface area (Å²) >= 11 is 0. The summed E-state index contributed by atoms with van der Waals surface area (Å²) in [5, 5.41) is 4.52. The van der Waals surface area contributed by atoms with Crippen molar-refractivity contribution in [1.82, 2.24) is 14.7 Å². The molecule has 2 aliphatic rings. The molecule has 1 aliphatic heterocycles. The Hall–Kier alpha value is -2.10. The van der Waals surface area contributed by atoms with Gasteiger partial charge in [0.15, 0.2) is 0 Å². The fourth-order valence-electron chi connectivity index (χ4n) is 4.68. The van der Waals surface area contributed by atoms with Crippen molar-refractivity contribution in [2.75, 3.05) is 6.54 Å². The number of hydrogen-bond acceptors (Lipinski definition) is 2. The number of hydrogen-bond donors (Lipinski definition) is 0. The van der Waals surface area contributed by atoms with Crippen LogP contribution in [0.4, 0.5) is 0 Å². The van der Waals surface area contributed by atoms with Crippen molar-refractivity contribution in [3.63, 3.8) is 0 Å². The minimum Gasteiger partial charge on any atom is -0.335 e. The third-order valence-corrected chi connectivity index (χ3v) is 5.87. The fourth-order valence-corrected chi connectivity index (χ4v) is 4.68. The van der Waals surface area contributed by atoms with Crippen LogP contribution in [0.15, 0.2) is 30.3 Å². The minimum absolute atomic E-state index is 0.205. The second-order valence-electron chi connectivity index (χ2n) is 7.64. The van der Waals surface area contributed by atoms with Gasteiger partial charge in [0.25, 0.3) is 5.91 Å². The van der Waals surface area contributed by atoms with Crippen LogP contribution in [0.2, 0.25) is 0 Å². The molecule has 1 amide bonds. The van der Waals surface area contributed by atoms with Gasteiger partial charge in [-0.15, -0.1) is 0 Å². The summed E-state index contributed by atoms with van der Waals surface area (Å²) < 4.78 is 1.93. The number of piperidine rings is 1. The number of fused-ring (bicyclic) bond motifs is 1. The second-order valence-corrected chi connectivity index (χ2v) is 7.64. The molecule has 2 aromatic rings. The molecular formula is C21H27N3O. The van der Waals surface area contributed by atoms with Gasteiger partial charge in [-0.25, -0.2) is 4.68 Å². The zero-order valence-electron chi connectivity index (χ0n) is 15.2. The SMILES string of the molecule is Cc1cc(C)n(-c2ccc(C(=O)N3CCC[C@H]4CCCC[C@@H]43)cc2)n1. The van der Waals surface area contributed by atoms with Crippen molar-refractivity contribution in [1.29, 1.82) is 0 Å². The van der Waals surface area contributed by atoms with Gasteiger partial charge in [-0.2, -0.15) is 5.10 Å². The lowest BCUT2D eigenvalue weighted by molar-refractivity contribution is 0.0390. The number of likely N-dealkylation sites (tertiary alicyclic amines) is 1. The number of amides is 1. The Morgan fingerprint density at radius 1 is 1.04 bits per heavy atom. The summed E-state index contributed by atoms with van der Waals surface area (Å²) in [7, 11) is 0. The molecule has 0 unspecified atom stereocenters. The lowest BCUT2D eigenvalue weighted by Crippen LogP contribution is -2.49. The Morgan fingerprint density at radius 3 is 2.48 bits per heavy atom. The van der Waals surface area contributed by atoms with E-state index in [9.17, 15) is 4.79 Å². The van der Waals surface area contributed by atoms with E-state index in [1.54, 1.807) is 0 Å². The molecule has 1 aromatic carbocycles. The summed E-state index contributed by atoms with van der Waals surface area (Å²) in [5.74, 6) is 0.928. The van der Waals surface area contributed by atoms with E-state index in [1.807, 2.05) is 35.9 Å². The molecule has 2 heterocycles. The first-order valence-corrected chi connectivity index (χ1v) is 9.58. The number of nitrogens with zero attached hydrogens (tertiary/aromatic N) is 3. The number of benzene rings is 1. The van der Waals surface area contributed by atoms with Crippen LogP contribution in [0.3, 0.4) is 0 Å². The third kappa shape index (κ3) is 3.10. The summed E-state index contributed by atoms with van der Waals surface area (Å²) in [6, 6.07) is 10.5. The largest absolute Gasteiger partial charge is 0.335 e. The molecule has 0 N–H and O–H groups in total. The molecule has 1 aromatic heterocycles. The van der Waals surface area contributed by atoms with Gasteiger partial charge in [0.1, 0.15) is 0 Å². The monoisotopic (exact) mass is 337 g/mol. The molecule has 0 radical (unpaired) electrons. The minimum atomic E-state index is 0.205. The maximum absolute atomic E-state index is 13.1. The van der Waals surface area contributed by atoms with Gasteiger partial charge in [0.05, 0.1) is 11.4 Å². The predicted molar refractivity (Wildman–Crippen MR) is 99.1 cm³/mol. The molecule has 1 saturated carbocycles. The van der Waals surface area contributed by atoms with E-state index in [0.29, 0.717) is 6.04 Å². The number of carbonyl (C=O) groups is 1. The summed E-state index contributed by atoms with van der Waals surface area (Å²) in [5.41, 5.74) is 3.93. The molecular weight excluding hydrogens is 310 g/mol. The quantitative estimate of drug-likeness (QED) is 0.820. The first kappa shape index (κ1) is 16.4. The van der Waals surface area contributed by atoms with Crippen molar-refractivity contribution >= 4 is 5.91 Å². The van der Waals surface area contributed by atoms with E-state index in [2.05, 4.69) is 23.0 Å². The Morgan fingerprint density at radius 2 is 1.76 bits per heavy atom. The number of carbonyl (C=O) groups excluding carboxylic acids is 1. The molecule has 2 atom stereocenters. The van der Waals surface area contributed by atoms with Crippen LogP contribution < -0.4 is 0 Å². The van der Waals surface area contributed by atoms with Crippen LogP contribution in [-0.2, 0) is 0 Å². The topological polar surface area (TPSA) is 38.1 Å². The van der Waals surface area contributed by atoms with Crippen LogP contribution >= 0.6 is 0 Å². The standard InChI is InChI=1S/C21H27N3O/c1-15-14-16(2)24(22-15)19-11-9-18(10-12-19)21(25)23-13-5-7-17-6-3-4-8-20(17)23/h9-12,14,17,20H,3-8,13H2,1-2H3/t17-,20+/m1/s1. The molecule has 2 fully saturated rings. The van der Waals surface area contributed by atoms with Crippen LogP contribution in [0.5, 0.6) is 0 Å². The van der Waals surface area contributed by atoms with E-state index in [0.717, 1.165) is 41.5 Å². The average molecular weight is 337 g/mol. The zero-order valence-corrected chi connectivity index (χ0v) is 15.2. The first-order chi connectivity index (χ1) is 12.1. The van der Waals surface area contributed by atoms with Crippen molar-refractivity contribution < 1.29 is 4.79 Å². The highest BCUT2D eigenvalue weighted by atomic mass is 16.2. The lowest BCUT2D eigenvalue weighted by Gasteiger charge is -2.44. The third-order valence-electron chi connectivity index (χ3n) is 5.87. The Balaban J connectivity index is 1.55. The fraction of sp³-hybridized carbons (Fsp3) is 0.524. The summed E-state index contributed by atoms with van der Waals surface area (Å²) in [6.45, 7) is 4.97. The van der Waals surface area contributed by atoms with Gasteiger partial charge in [-0.1, -0.05) is 12.8 Å². The predicted octanol–water partition coefficient (Wildman–Crippen LogP) is 4.28. The van der Waals surface area contributed by atoms with Crippen molar-refractivity contribution in [2.24, 2.45) is 5.92 Å². The van der Waals surface area contributed by atoms with Gasteiger partial charge >= 0.3 is 0 Å². The van der Waals surface area contributed by atoms with Crippen molar-refractivity contribution in [3.8, 4) is 5.69 Å². The van der Waals surface area contributed by atoms with Gasteiger partial charge in [-0.05, 0) is 75.8 Å². The smallest absolute Gasteiger partial charge is 0.254 e. The van der Waals surface area contributed by atoms with Crippen LogP contribution in [0.25, 0.3) is 5.69 Å². The Labute approximate surface area is 149 Å². The van der Waals surface area contributed by atoms with E-state index in [-0.39, 0.29) is 5.91 Å². The highest BCUT2D eigenvalue weighted by Gasteiger charge is 2.35. The number of aromatic nitrogens is 2. The highest BCUT2D eigenvalue weighted by molar-refractivity contribution is 5.94. The van der Waals surface area contributed by atoms with E-state index in [1.165, 1.54) is 32.1 Å². The molecule has 4 rings (SSSR count). The van der Waals surface area contributed by atoms with Crippen LogP contribution in [-0.4, -0.2) is 33.2 Å². The van der Waals surface area contributed by atoms with Crippen molar-refractivity contribution in [3.05, 3.63) is 47.3 Å². The molecule has 4 heteroatoms. The highest BCUT2D eigenvalue weighted by Crippen LogP contribution is 2.36. The second kappa shape index (κ2) is 6.66. The van der Waals surface area contributed by atoms with Crippen molar-refractivity contribution in [2.45, 2.75) is 58.4 Å². The molecule has 0 bridgehead atoms. The van der Waals surface area contributed by atoms with Gasteiger partial charge < -0.3 is 4.90 Å². The van der Waals surface area contributed by atoms with Crippen LogP contribution in [0, 0.1) is 19.8 Å². The normalized spacial score (nSPS) is 23.4. The van der Waals surface area contributed by atoms with Gasteiger partial charge in [-0.3, -0.25) is 4.79 Å². The summed E-state index contributed by atoms with van der Waals surface area (Å²) in [4.78, 5) is 15.2. The van der Waals surface area contributed by atoms with E-state index < -0.39 is 0 Å². The van der Waals surface area contributed by atoms with Gasteiger partial charge in [0, 0.05) is 23.8 Å². The zero-order chi connectivity index (χ0) is 17.4. The molecule has 25 heavy (non-hydrogen) atoms. The Bertz CT molecular complexity index is 760. The molecule has 1 aliphatic carbocycles. The Kier molecular flexibility index (Phi) is 4.36. The molecule has 0 spiro atoms. The molecule has 4 nitrogen and oxygen atoms in total. The lowest BCUT2D eigenvalue weighted by atomic mass is 9.78. The maximum atomic E-state index is 13.1. The maximum Gasteiger partial charge on any atom is 0.254 e. The first-order valence-electron chi connectivity index (χ1n) is 9.58. The van der Waals surface area contributed by atoms with E-state index >= 15 is 0 Å². The van der Waals surface area contributed by atoms with Gasteiger partial charge in [0.2, 0.25) is 0 Å². The molecule has 1 saturated heterocycles.